The molecule has 0 bridgehead atoms. The summed E-state index contributed by atoms with van der Waals surface area (Å²) in [5, 5.41) is 11.8. The molecule has 0 amide bonds. The number of allylic oxidation sites excluding steroid dienone is 8. The molecule has 0 rings (SSSR count). The molecule has 9 nitrogen and oxygen atoms in total. The summed E-state index contributed by atoms with van der Waals surface area (Å²) in [6, 6.07) is 0. The number of likely N-dealkylation sites (N-methyl/N-ethyl adjacent to an activating group) is 1. The van der Waals surface area contributed by atoms with Crippen molar-refractivity contribution < 1.29 is 42.9 Å². The molecular formula is C75H139NO8. The summed E-state index contributed by atoms with van der Waals surface area (Å²) in [7, 11) is 5.95. The van der Waals surface area contributed by atoms with E-state index in [9.17, 15) is 19.5 Å². The van der Waals surface area contributed by atoms with E-state index in [2.05, 4.69) is 62.5 Å². The average molecular weight is 1180 g/mol. The minimum Gasteiger partial charge on any atom is -0.545 e. The van der Waals surface area contributed by atoms with Crippen molar-refractivity contribution in [2.45, 2.75) is 367 Å². The number of ether oxygens (including phenoxy) is 4. The SMILES string of the molecule is CC/C=C\C/C=C\C/C=C\C/C=C\CCCCCCCCCCCCCCCCCCCCCCCCC(=O)OC(COC(=O)CCCCCCCCCCCCCCCCCCCCCCCCCC)COC(OCC[N+](C)(C)C)C(=O)[O-]. The standard InChI is InChI=1S/C75H139NO8/c1-6-8-10-12-14-16-18-20-22-24-26-28-30-32-33-34-35-36-37-38-39-40-41-42-44-46-48-50-52-54-56-58-60-62-64-66-73(78)84-71(70-83-75(74(79)80)81-68-67-76(3,4)5)69-82-72(77)65-63-61-59-57-55-53-51-49-47-45-43-31-29-27-25-23-21-19-17-15-13-11-9-7-2/h8,10,14,16,20,22,26,28,71,75H,6-7,9,11-13,15,17-19,21,23-25,27,29-70H2,1-5H3/b10-8-,16-14-,22-20-,28-26-. The Morgan fingerprint density at radius 2 is 0.679 bits per heavy atom. The molecule has 84 heavy (non-hydrogen) atoms. The van der Waals surface area contributed by atoms with Crippen LogP contribution in [-0.2, 0) is 33.3 Å². The molecule has 0 aliphatic rings. The first-order valence-corrected chi connectivity index (χ1v) is 36.3. The third-order valence-electron chi connectivity index (χ3n) is 16.3. The van der Waals surface area contributed by atoms with Gasteiger partial charge in [-0.1, -0.05) is 339 Å². The lowest BCUT2D eigenvalue weighted by atomic mass is 10.0. The van der Waals surface area contributed by atoms with Gasteiger partial charge in [-0.3, -0.25) is 9.59 Å². The molecule has 0 radical (unpaired) electrons. The predicted molar refractivity (Wildman–Crippen MR) is 357 cm³/mol. The Balaban J connectivity index is 4.02. The van der Waals surface area contributed by atoms with E-state index in [4.69, 9.17) is 18.9 Å². The normalized spacial score (nSPS) is 12.9. The van der Waals surface area contributed by atoms with Gasteiger partial charge in [0.1, 0.15) is 13.2 Å². The number of hydrogen-bond acceptors (Lipinski definition) is 8. The number of carboxylic acid groups (broad SMARTS) is 1. The van der Waals surface area contributed by atoms with E-state index in [1.165, 1.54) is 263 Å². The van der Waals surface area contributed by atoms with Gasteiger partial charge in [0.25, 0.3) is 0 Å². The Morgan fingerprint density at radius 1 is 0.369 bits per heavy atom. The smallest absolute Gasteiger partial charge is 0.306 e. The first-order chi connectivity index (χ1) is 41.1. The minimum absolute atomic E-state index is 0.151. The van der Waals surface area contributed by atoms with Gasteiger partial charge in [-0.15, -0.1) is 0 Å². The van der Waals surface area contributed by atoms with Crippen LogP contribution in [-0.4, -0.2) is 82.3 Å². The first kappa shape index (κ1) is 81.2. The molecule has 0 saturated heterocycles. The fraction of sp³-hybridized carbons (Fsp3) is 0.853. The highest BCUT2D eigenvalue weighted by Gasteiger charge is 2.22. The molecule has 0 aromatic rings. The second kappa shape index (κ2) is 66.2. The molecule has 0 aromatic carbocycles. The molecule has 0 fully saturated rings. The highest BCUT2D eigenvalue weighted by atomic mass is 16.7. The molecule has 492 valence electrons. The van der Waals surface area contributed by atoms with Gasteiger partial charge >= 0.3 is 11.9 Å². The van der Waals surface area contributed by atoms with Crippen LogP contribution in [0.2, 0.25) is 0 Å². The van der Waals surface area contributed by atoms with E-state index >= 15 is 0 Å². The molecule has 0 aliphatic heterocycles. The second-order valence-electron chi connectivity index (χ2n) is 25.9. The van der Waals surface area contributed by atoms with Gasteiger partial charge in [0.05, 0.1) is 40.3 Å². The fourth-order valence-electron chi connectivity index (χ4n) is 10.8. The van der Waals surface area contributed by atoms with Gasteiger partial charge in [0, 0.05) is 12.8 Å². The van der Waals surface area contributed by atoms with Crippen molar-refractivity contribution in [1.29, 1.82) is 0 Å². The Kier molecular flexibility index (Phi) is 64.0. The number of nitrogens with zero attached hydrogens (tertiary/aromatic N) is 1. The van der Waals surface area contributed by atoms with Crippen LogP contribution in [0.15, 0.2) is 48.6 Å². The van der Waals surface area contributed by atoms with Crippen LogP contribution in [0, 0.1) is 0 Å². The van der Waals surface area contributed by atoms with Gasteiger partial charge in [0.2, 0.25) is 0 Å². The molecule has 0 aromatic heterocycles. The fourth-order valence-corrected chi connectivity index (χ4v) is 10.8. The number of esters is 2. The average Bonchev–Trinajstić information content (AvgIpc) is 3.55. The van der Waals surface area contributed by atoms with E-state index in [1.807, 2.05) is 21.1 Å². The number of hydrogen-bond donors (Lipinski definition) is 0. The van der Waals surface area contributed by atoms with E-state index in [0.29, 0.717) is 17.4 Å². The highest BCUT2D eigenvalue weighted by Crippen LogP contribution is 2.19. The van der Waals surface area contributed by atoms with Crippen LogP contribution in [0.3, 0.4) is 0 Å². The maximum absolute atomic E-state index is 12.9. The van der Waals surface area contributed by atoms with Crippen molar-refractivity contribution in [2.24, 2.45) is 0 Å². The summed E-state index contributed by atoms with van der Waals surface area (Å²) in [5.41, 5.74) is 0. The van der Waals surface area contributed by atoms with Gasteiger partial charge in [-0.05, 0) is 51.4 Å². The van der Waals surface area contributed by atoms with E-state index < -0.39 is 24.3 Å². The van der Waals surface area contributed by atoms with Crippen molar-refractivity contribution in [3.63, 3.8) is 0 Å². The lowest BCUT2D eigenvalue weighted by molar-refractivity contribution is -0.870. The molecule has 0 spiro atoms. The summed E-state index contributed by atoms with van der Waals surface area (Å²) < 4.78 is 22.8. The molecule has 2 unspecified atom stereocenters. The number of aliphatic carboxylic acids is 1. The van der Waals surface area contributed by atoms with Crippen LogP contribution < -0.4 is 5.11 Å². The van der Waals surface area contributed by atoms with Crippen LogP contribution in [0.4, 0.5) is 0 Å². The highest BCUT2D eigenvalue weighted by molar-refractivity contribution is 5.70. The predicted octanol–water partition coefficient (Wildman–Crippen LogP) is 21.2. The zero-order valence-electron chi connectivity index (χ0n) is 56.3. The van der Waals surface area contributed by atoms with Crippen molar-refractivity contribution in [1.82, 2.24) is 0 Å². The molecule has 0 saturated carbocycles. The largest absolute Gasteiger partial charge is 0.545 e. The van der Waals surface area contributed by atoms with Crippen LogP contribution in [0.5, 0.6) is 0 Å². The maximum Gasteiger partial charge on any atom is 0.306 e. The van der Waals surface area contributed by atoms with Gasteiger partial charge in [-0.2, -0.15) is 0 Å². The monoisotopic (exact) mass is 1180 g/mol. The zero-order valence-corrected chi connectivity index (χ0v) is 56.3. The Hall–Kier alpha value is -2.75. The maximum atomic E-state index is 12.9. The lowest BCUT2D eigenvalue weighted by Gasteiger charge is -2.26. The number of carbonyl (C=O) groups excluding carboxylic acids is 3. The molecule has 0 aliphatic carbocycles. The second-order valence-corrected chi connectivity index (χ2v) is 25.9. The summed E-state index contributed by atoms with van der Waals surface area (Å²) in [4.78, 5) is 37.5. The van der Waals surface area contributed by atoms with Crippen molar-refractivity contribution in [3.05, 3.63) is 48.6 Å². The van der Waals surface area contributed by atoms with E-state index in [1.54, 1.807) is 0 Å². The molecular weight excluding hydrogens is 1040 g/mol. The quantitative estimate of drug-likeness (QED) is 0.0195. The van der Waals surface area contributed by atoms with Crippen LogP contribution >= 0.6 is 0 Å². The summed E-state index contributed by atoms with van der Waals surface area (Å²) in [6.07, 6.45) is 82.1. The van der Waals surface area contributed by atoms with Gasteiger partial charge < -0.3 is 33.3 Å². The number of carboxylic acids is 1. The van der Waals surface area contributed by atoms with Crippen molar-refractivity contribution in [3.8, 4) is 0 Å². The van der Waals surface area contributed by atoms with E-state index in [-0.39, 0.29) is 32.2 Å². The molecule has 9 heteroatoms. The number of rotatable bonds is 68. The summed E-state index contributed by atoms with van der Waals surface area (Å²) in [5.74, 6) is -2.25. The van der Waals surface area contributed by atoms with Crippen LogP contribution in [0.1, 0.15) is 354 Å². The van der Waals surface area contributed by atoms with E-state index in [0.717, 1.165) is 64.2 Å². The number of quaternary nitrogens is 1. The number of unbranched alkanes of at least 4 members (excludes halogenated alkanes) is 45. The summed E-state index contributed by atoms with van der Waals surface area (Å²) in [6.45, 7) is 4.71. The third kappa shape index (κ3) is 66.8. The number of carbonyl (C=O) groups is 3. The minimum atomic E-state index is -1.62. The van der Waals surface area contributed by atoms with Gasteiger partial charge in [0.15, 0.2) is 12.4 Å². The third-order valence-corrected chi connectivity index (χ3v) is 16.3. The molecule has 0 N–H and O–H groups in total. The van der Waals surface area contributed by atoms with Crippen molar-refractivity contribution >= 4 is 17.9 Å². The zero-order chi connectivity index (χ0) is 61.2. The Bertz CT molecular complexity index is 1520. The molecule has 0 heterocycles. The topological polar surface area (TPSA) is 111 Å². The molecule has 2 atom stereocenters. The van der Waals surface area contributed by atoms with Gasteiger partial charge in [-0.25, -0.2) is 0 Å². The van der Waals surface area contributed by atoms with Crippen molar-refractivity contribution in [2.75, 3.05) is 47.5 Å². The lowest BCUT2D eigenvalue weighted by Crippen LogP contribution is -2.44. The van der Waals surface area contributed by atoms with Crippen LogP contribution in [0.25, 0.3) is 0 Å². The summed E-state index contributed by atoms with van der Waals surface area (Å²) >= 11 is 0. The first-order valence-electron chi connectivity index (χ1n) is 36.3. The Labute approximate surface area is 521 Å². The Morgan fingerprint density at radius 3 is 1.01 bits per heavy atom.